The molecular formula is C24H20ClN3O4S. The molecule has 0 N–H and O–H groups in total. The van der Waals surface area contributed by atoms with E-state index in [4.69, 9.17) is 20.8 Å². The van der Waals surface area contributed by atoms with Gasteiger partial charge in [-0.05, 0) is 41.8 Å². The van der Waals surface area contributed by atoms with Gasteiger partial charge in [-0.1, -0.05) is 48.9 Å². The second-order valence-corrected chi connectivity index (χ2v) is 9.72. The summed E-state index contributed by atoms with van der Waals surface area (Å²) in [6.07, 6.45) is 0.749. The molecule has 0 radical (unpaired) electrons. The van der Waals surface area contributed by atoms with Crippen molar-refractivity contribution in [2.24, 2.45) is 5.92 Å². The van der Waals surface area contributed by atoms with Crippen LogP contribution in [0.25, 0.3) is 11.0 Å². The molecule has 0 aliphatic carbocycles. The van der Waals surface area contributed by atoms with E-state index in [-0.39, 0.29) is 16.8 Å². The first-order chi connectivity index (χ1) is 15.9. The molecule has 1 aliphatic rings. The number of ether oxygens (including phenoxy) is 1. The van der Waals surface area contributed by atoms with E-state index in [1.54, 1.807) is 37.4 Å². The average molecular weight is 482 g/mol. The first-order valence-electron chi connectivity index (χ1n) is 10.4. The molecule has 1 unspecified atom stereocenters. The number of aromatic nitrogens is 2. The number of rotatable bonds is 5. The molecule has 5 rings (SSSR count). The van der Waals surface area contributed by atoms with Crippen molar-refractivity contribution in [1.29, 1.82) is 0 Å². The fraction of sp³-hybridized carbons (Fsp3) is 0.250. The summed E-state index contributed by atoms with van der Waals surface area (Å²) in [5, 5.41) is 10.6. The van der Waals surface area contributed by atoms with E-state index in [1.165, 1.54) is 16.2 Å². The Bertz CT molecular complexity index is 1430. The van der Waals surface area contributed by atoms with Gasteiger partial charge in [0.15, 0.2) is 5.43 Å². The smallest absolute Gasteiger partial charge is 0.297 e. The minimum atomic E-state index is -0.710. The fourth-order valence-corrected chi connectivity index (χ4v) is 5.27. The van der Waals surface area contributed by atoms with E-state index in [9.17, 15) is 9.59 Å². The molecule has 3 heterocycles. The highest BCUT2D eigenvalue weighted by Gasteiger charge is 2.45. The molecule has 33 heavy (non-hydrogen) atoms. The van der Waals surface area contributed by atoms with Crippen LogP contribution in [0.3, 0.4) is 0 Å². The van der Waals surface area contributed by atoms with Crippen molar-refractivity contribution in [3.8, 4) is 5.75 Å². The van der Waals surface area contributed by atoms with Gasteiger partial charge in [0.25, 0.3) is 5.91 Å². The Balaban J connectivity index is 1.73. The van der Waals surface area contributed by atoms with E-state index in [1.807, 2.05) is 12.1 Å². The van der Waals surface area contributed by atoms with Crippen LogP contribution in [0.5, 0.6) is 5.75 Å². The van der Waals surface area contributed by atoms with Gasteiger partial charge in [-0.3, -0.25) is 14.5 Å². The standard InChI is InChI=1S/C24H20ClN3O4S/c1-12(2)10-18-26-27-24(33-18)28-20(13-4-7-15(31-3)8-5-13)19-21(29)16-11-14(25)6-9-17(16)32-22(19)23(28)30/h4-9,11-12,20H,10H2,1-3H3. The quantitative estimate of drug-likeness (QED) is 0.386. The van der Waals surface area contributed by atoms with Crippen LogP contribution in [0.2, 0.25) is 5.02 Å². The van der Waals surface area contributed by atoms with Crippen LogP contribution in [0.15, 0.2) is 51.7 Å². The molecule has 0 spiro atoms. The maximum Gasteiger partial charge on any atom is 0.297 e. The summed E-state index contributed by atoms with van der Waals surface area (Å²) in [6.45, 7) is 4.19. The zero-order valence-corrected chi connectivity index (χ0v) is 19.7. The number of nitrogens with zero attached hydrogens (tertiary/aromatic N) is 3. The third-order valence-electron chi connectivity index (χ3n) is 5.51. The van der Waals surface area contributed by atoms with E-state index in [2.05, 4.69) is 24.0 Å². The van der Waals surface area contributed by atoms with Gasteiger partial charge in [-0.2, -0.15) is 0 Å². The molecule has 2 aromatic carbocycles. The highest BCUT2D eigenvalue weighted by atomic mass is 35.5. The summed E-state index contributed by atoms with van der Waals surface area (Å²) in [4.78, 5) is 28.7. The minimum Gasteiger partial charge on any atom is -0.497 e. The number of benzene rings is 2. The zero-order chi connectivity index (χ0) is 23.3. The number of hydrogen-bond acceptors (Lipinski definition) is 7. The summed E-state index contributed by atoms with van der Waals surface area (Å²) in [6, 6.07) is 11.3. The lowest BCUT2D eigenvalue weighted by atomic mass is 9.98. The molecule has 168 valence electrons. The lowest BCUT2D eigenvalue weighted by Crippen LogP contribution is -2.29. The highest BCUT2D eigenvalue weighted by Crippen LogP contribution is 2.42. The summed E-state index contributed by atoms with van der Waals surface area (Å²) in [7, 11) is 1.58. The number of methoxy groups -OCH3 is 1. The Morgan fingerprint density at radius 2 is 1.91 bits per heavy atom. The monoisotopic (exact) mass is 481 g/mol. The maximum atomic E-state index is 13.6. The Morgan fingerprint density at radius 3 is 2.61 bits per heavy atom. The molecule has 0 saturated heterocycles. The molecule has 1 atom stereocenters. The largest absolute Gasteiger partial charge is 0.497 e. The van der Waals surface area contributed by atoms with E-state index >= 15 is 0 Å². The molecule has 2 aromatic heterocycles. The van der Waals surface area contributed by atoms with Crippen LogP contribution in [0.1, 0.15) is 46.6 Å². The van der Waals surface area contributed by atoms with Gasteiger partial charge in [-0.15, -0.1) is 10.2 Å². The molecule has 1 amide bonds. The lowest BCUT2D eigenvalue weighted by molar-refractivity contribution is 0.0970. The third kappa shape index (κ3) is 3.69. The van der Waals surface area contributed by atoms with Gasteiger partial charge in [0, 0.05) is 11.4 Å². The predicted octanol–water partition coefficient (Wildman–Crippen LogP) is 5.25. The van der Waals surface area contributed by atoms with Gasteiger partial charge in [0.1, 0.15) is 16.3 Å². The lowest BCUT2D eigenvalue weighted by Gasteiger charge is -2.22. The van der Waals surface area contributed by atoms with E-state index in [0.717, 1.165) is 17.0 Å². The van der Waals surface area contributed by atoms with Crippen LogP contribution in [-0.2, 0) is 6.42 Å². The zero-order valence-electron chi connectivity index (χ0n) is 18.2. The fourth-order valence-electron chi connectivity index (χ4n) is 4.02. The van der Waals surface area contributed by atoms with Gasteiger partial charge in [0.05, 0.1) is 24.1 Å². The topological polar surface area (TPSA) is 85.5 Å². The second-order valence-electron chi connectivity index (χ2n) is 8.24. The SMILES string of the molecule is COc1ccc(C2c3c(oc4ccc(Cl)cc4c3=O)C(=O)N2c2nnc(CC(C)C)s2)cc1. The van der Waals surface area contributed by atoms with E-state index < -0.39 is 11.9 Å². The summed E-state index contributed by atoms with van der Waals surface area (Å²) in [5.74, 6) is 0.651. The number of carbonyl (C=O) groups is 1. The Labute approximate surface area is 198 Å². The Morgan fingerprint density at radius 1 is 1.15 bits per heavy atom. The molecule has 0 saturated carbocycles. The van der Waals surface area contributed by atoms with Crippen molar-refractivity contribution < 1.29 is 13.9 Å². The minimum absolute atomic E-state index is 0.0104. The molecular weight excluding hydrogens is 462 g/mol. The predicted molar refractivity (Wildman–Crippen MR) is 128 cm³/mol. The van der Waals surface area contributed by atoms with Gasteiger partial charge >= 0.3 is 0 Å². The number of fused-ring (bicyclic) bond motifs is 2. The number of amides is 1. The molecule has 0 bridgehead atoms. The number of anilines is 1. The highest BCUT2D eigenvalue weighted by molar-refractivity contribution is 7.15. The van der Waals surface area contributed by atoms with Gasteiger partial charge in [0.2, 0.25) is 10.9 Å². The third-order valence-corrected chi connectivity index (χ3v) is 6.69. The first-order valence-corrected chi connectivity index (χ1v) is 11.6. The number of hydrogen-bond donors (Lipinski definition) is 0. The second kappa shape index (κ2) is 8.28. The first kappa shape index (κ1) is 21.6. The molecule has 4 aromatic rings. The van der Waals surface area contributed by atoms with Crippen LogP contribution in [0, 0.1) is 5.92 Å². The van der Waals surface area contributed by atoms with Crippen LogP contribution < -0.4 is 15.1 Å². The summed E-state index contributed by atoms with van der Waals surface area (Å²) < 4.78 is 11.2. The number of halogens is 1. The van der Waals surface area contributed by atoms with Crippen molar-refractivity contribution in [2.75, 3.05) is 12.0 Å². The van der Waals surface area contributed by atoms with Crippen molar-refractivity contribution in [2.45, 2.75) is 26.3 Å². The van der Waals surface area contributed by atoms with Crippen molar-refractivity contribution in [3.63, 3.8) is 0 Å². The van der Waals surface area contributed by atoms with Gasteiger partial charge in [-0.25, -0.2) is 0 Å². The Hall–Kier alpha value is -3.23. The van der Waals surface area contributed by atoms with Crippen LogP contribution in [-0.4, -0.2) is 23.2 Å². The molecule has 9 heteroatoms. The van der Waals surface area contributed by atoms with E-state index in [0.29, 0.717) is 32.8 Å². The molecule has 7 nitrogen and oxygen atoms in total. The van der Waals surface area contributed by atoms with Crippen molar-refractivity contribution in [3.05, 3.63) is 79.6 Å². The Kier molecular flexibility index (Phi) is 5.42. The summed E-state index contributed by atoms with van der Waals surface area (Å²) >= 11 is 7.48. The van der Waals surface area contributed by atoms with Crippen LogP contribution >= 0.6 is 22.9 Å². The molecule has 0 fully saturated rings. The summed E-state index contributed by atoms with van der Waals surface area (Å²) in [5.41, 5.74) is 1.01. The average Bonchev–Trinajstić information content (AvgIpc) is 3.36. The van der Waals surface area contributed by atoms with Crippen molar-refractivity contribution >= 4 is 44.9 Å². The normalized spacial score (nSPS) is 15.5. The maximum absolute atomic E-state index is 13.6. The molecule has 1 aliphatic heterocycles. The van der Waals surface area contributed by atoms with Crippen LogP contribution in [0.4, 0.5) is 5.13 Å². The van der Waals surface area contributed by atoms with Gasteiger partial charge < -0.3 is 9.15 Å². The van der Waals surface area contributed by atoms with Crippen molar-refractivity contribution in [1.82, 2.24) is 10.2 Å². The number of carbonyl (C=O) groups excluding carboxylic acids is 1.